The maximum atomic E-state index is 4.89. The number of hydrogen-bond acceptors (Lipinski definition) is 3. The van der Waals surface area contributed by atoms with Crippen LogP contribution in [-0.2, 0) is 24.7 Å². The van der Waals surface area contributed by atoms with Crippen LogP contribution in [0.1, 0.15) is 69.7 Å². The molecule has 0 spiro atoms. The molecule has 1 aromatic heterocycles. The second-order valence-corrected chi connectivity index (χ2v) is 6.19. The summed E-state index contributed by atoms with van der Waals surface area (Å²) in [5.74, 6) is 1.09. The summed E-state index contributed by atoms with van der Waals surface area (Å²) in [7, 11) is 0. The minimum absolute atomic E-state index is 0.271. The molecule has 0 saturated heterocycles. The van der Waals surface area contributed by atoms with Crippen LogP contribution in [0.4, 0.5) is 0 Å². The number of rotatable bonds is 8. The van der Waals surface area contributed by atoms with Crippen molar-refractivity contribution in [3.05, 3.63) is 22.8 Å². The van der Waals surface area contributed by atoms with E-state index >= 15 is 0 Å². The summed E-state index contributed by atoms with van der Waals surface area (Å²) in [6.45, 7) is 11.1. The van der Waals surface area contributed by atoms with E-state index < -0.39 is 0 Å². The van der Waals surface area contributed by atoms with Crippen LogP contribution in [0.5, 0.6) is 0 Å². The number of aryl methyl sites for hydroxylation is 2. The lowest BCUT2D eigenvalue weighted by atomic mass is 10.0. The third-order valence-corrected chi connectivity index (χ3v) is 4.37. The molecule has 2 rings (SSSR count). The summed E-state index contributed by atoms with van der Waals surface area (Å²) in [5, 5.41) is 3.49. The van der Waals surface area contributed by atoms with Crippen molar-refractivity contribution in [2.75, 3.05) is 13.1 Å². The average Bonchev–Trinajstić information content (AvgIpc) is 3.22. The Labute approximate surface area is 123 Å². The van der Waals surface area contributed by atoms with Gasteiger partial charge in [0.25, 0.3) is 0 Å². The lowest BCUT2D eigenvalue weighted by Crippen LogP contribution is -2.21. The topological polar surface area (TPSA) is 37.8 Å². The molecule has 0 bridgehead atoms. The first-order valence-electron chi connectivity index (χ1n) is 8.24. The van der Waals surface area contributed by atoms with Gasteiger partial charge in [0.15, 0.2) is 0 Å². The molecule has 1 aliphatic rings. The molecule has 1 N–H and O–H groups in total. The maximum Gasteiger partial charge on any atom is 0.134 e. The number of nitrogens with zero attached hydrogens (tertiary/aromatic N) is 2. The SMILES string of the molecule is CCCNCCc1c(CC)nc(C2(C)CC2)nc1CC. The first-order valence-corrected chi connectivity index (χ1v) is 8.24. The lowest BCUT2D eigenvalue weighted by Gasteiger charge is -2.16. The van der Waals surface area contributed by atoms with E-state index in [2.05, 4.69) is 33.0 Å². The predicted octanol–water partition coefficient (Wildman–Crippen LogP) is 3.20. The number of nitrogens with one attached hydrogen (secondary N) is 1. The van der Waals surface area contributed by atoms with Crippen molar-refractivity contribution < 1.29 is 0 Å². The molecule has 0 aliphatic heterocycles. The van der Waals surface area contributed by atoms with Crippen LogP contribution < -0.4 is 5.32 Å². The molecule has 20 heavy (non-hydrogen) atoms. The third kappa shape index (κ3) is 3.38. The molecule has 1 saturated carbocycles. The Balaban J connectivity index is 2.20. The largest absolute Gasteiger partial charge is 0.316 e. The Kier molecular flexibility index (Phi) is 5.14. The standard InChI is InChI=1S/C17H29N3/c1-5-11-18-12-8-13-14(6-2)19-16(17(4)9-10-17)20-15(13)7-3/h18H,5-12H2,1-4H3. The summed E-state index contributed by atoms with van der Waals surface area (Å²) in [6, 6.07) is 0. The van der Waals surface area contributed by atoms with E-state index in [1.807, 2.05) is 0 Å². The summed E-state index contributed by atoms with van der Waals surface area (Å²) in [4.78, 5) is 9.79. The van der Waals surface area contributed by atoms with Crippen molar-refractivity contribution in [2.45, 2.75) is 71.6 Å². The molecule has 1 aromatic rings. The van der Waals surface area contributed by atoms with Gasteiger partial charge in [-0.05, 0) is 57.2 Å². The molecule has 3 heteroatoms. The van der Waals surface area contributed by atoms with Gasteiger partial charge in [-0.15, -0.1) is 0 Å². The molecule has 3 nitrogen and oxygen atoms in total. The van der Waals surface area contributed by atoms with Crippen molar-refractivity contribution in [1.82, 2.24) is 15.3 Å². The van der Waals surface area contributed by atoms with Crippen molar-refractivity contribution in [3.63, 3.8) is 0 Å². The van der Waals surface area contributed by atoms with Crippen molar-refractivity contribution in [1.29, 1.82) is 0 Å². The van der Waals surface area contributed by atoms with Crippen molar-refractivity contribution >= 4 is 0 Å². The zero-order valence-electron chi connectivity index (χ0n) is 13.6. The summed E-state index contributed by atoms with van der Waals surface area (Å²) < 4.78 is 0. The van der Waals surface area contributed by atoms with E-state index in [1.54, 1.807) is 0 Å². The van der Waals surface area contributed by atoms with Gasteiger partial charge in [-0.25, -0.2) is 9.97 Å². The van der Waals surface area contributed by atoms with Crippen LogP contribution in [0.2, 0.25) is 0 Å². The fourth-order valence-corrected chi connectivity index (χ4v) is 2.65. The van der Waals surface area contributed by atoms with Gasteiger partial charge >= 0.3 is 0 Å². The highest BCUT2D eigenvalue weighted by atomic mass is 14.9. The van der Waals surface area contributed by atoms with Gasteiger partial charge < -0.3 is 5.32 Å². The first kappa shape index (κ1) is 15.4. The van der Waals surface area contributed by atoms with Crippen LogP contribution in [0.25, 0.3) is 0 Å². The highest BCUT2D eigenvalue weighted by Gasteiger charge is 2.42. The van der Waals surface area contributed by atoms with Gasteiger partial charge in [0, 0.05) is 16.8 Å². The monoisotopic (exact) mass is 275 g/mol. The quantitative estimate of drug-likeness (QED) is 0.740. The van der Waals surface area contributed by atoms with Crippen LogP contribution in [0.3, 0.4) is 0 Å². The van der Waals surface area contributed by atoms with Gasteiger partial charge in [-0.1, -0.05) is 27.7 Å². The highest BCUT2D eigenvalue weighted by molar-refractivity contribution is 5.30. The van der Waals surface area contributed by atoms with E-state index in [0.29, 0.717) is 0 Å². The Hall–Kier alpha value is -0.960. The Morgan fingerprint density at radius 2 is 1.60 bits per heavy atom. The predicted molar refractivity (Wildman–Crippen MR) is 84.2 cm³/mol. The van der Waals surface area contributed by atoms with Crippen LogP contribution in [0, 0.1) is 0 Å². The molecule has 0 atom stereocenters. The molecule has 1 heterocycles. The Morgan fingerprint density at radius 1 is 1.00 bits per heavy atom. The molecular weight excluding hydrogens is 246 g/mol. The fourth-order valence-electron chi connectivity index (χ4n) is 2.65. The molecule has 0 aromatic carbocycles. The molecule has 112 valence electrons. The third-order valence-electron chi connectivity index (χ3n) is 4.37. The molecular formula is C17H29N3. The fraction of sp³-hybridized carbons (Fsp3) is 0.765. The second-order valence-electron chi connectivity index (χ2n) is 6.19. The smallest absolute Gasteiger partial charge is 0.134 e. The Morgan fingerprint density at radius 3 is 2.05 bits per heavy atom. The zero-order valence-corrected chi connectivity index (χ0v) is 13.6. The minimum Gasteiger partial charge on any atom is -0.316 e. The van der Waals surface area contributed by atoms with E-state index in [1.165, 1.54) is 36.2 Å². The van der Waals surface area contributed by atoms with Crippen molar-refractivity contribution in [3.8, 4) is 0 Å². The number of hydrogen-bond donors (Lipinski definition) is 1. The molecule has 1 aliphatic carbocycles. The first-order chi connectivity index (χ1) is 9.64. The summed E-state index contributed by atoms with van der Waals surface area (Å²) >= 11 is 0. The van der Waals surface area contributed by atoms with Gasteiger partial charge in [0.05, 0.1) is 0 Å². The van der Waals surface area contributed by atoms with Crippen molar-refractivity contribution in [2.24, 2.45) is 0 Å². The number of aromatic nitrogens is 2. The van der Waals surface area contributed by atoms with Gasteiger partial charge in [-0.3, -0.25) is 0 Å². The normalized spacial score (nSPS) is 16.4. The van der Waals surface area contributed by atoms with Gasteiger partial charge in [0.2, 0.25) is 0 Å². The maximum absolute atomic E-state index is 4.89. The average molecular weight is 275 g/mol. The van der Waals surface area contributed by atoms with Crippen LogP contribution in [-0.4, -0.2) is 23.1 Å². The van der Waals surface area contributed by atoms with E-state index in [9.17, 15) is 0 Å². The van der Waals surface area contributed by atoms with E-state index in [4.69, 9.17) is 9.97 Å². The summed E-state index contributed by atoms with van der Waals surface area (Å²) in [6.07, 6.45) is 6.77. The highest BCUT2D eigenvalue weighted by Crippen LogP contribution is 2.46. The molecule has 0 radical (unpaired) electrons. The second kappa shape index (κ2) is 6.66. The molecule has 0 amide bonds. The lowest BCUT2D eigenvalue weighted by molar-refractivity contribution is 0.647. The Bertz CT molecular complexity index is 425. The molecule has 0 unspecified atom stereocenters. The van der Waals surface area contributed by atoms with Gasteiger partial charge in [0.1, 0.15) is 5.82 Å². The summed E-state index contributed by atoms with van der Waals surface area (Å²) in [5.41, 5.74) is 4.22. The molecule has 1 fully saturated rings. The van der Waals surface area contributed by atoms with Crippen LogP contribution in [0.15, 0.2) is 0 Å². The van der Waals surface area contributed by atoms with E-state index in [0.717, 1.165) is 38.2 Å². The zero-order chi connectivity index (χ0) is 14.6. The van der Waals surface area contributed by atoms with Crippen LogP contribution >= 0.6 is 0 Å². The van der Waals surface area contributed by atoms with Gasteiger partial charge in [-0.2, -0.15) is 0 Å². The van der Waals surface area contributed by atoms with E-state index in [-0.39, 0.29) is 5.41 Å². The minimum atomic E-state index is 0.271.